The minimum absolute atomic E-state index is 0.143. The van der Waals surface area contributed by atoms with E-state index >= 15 is 0 Å². The van der Waals surface area contributed by atoms with Crippen LogP contribution in [0.5, 0.6) is 0 Å². The van der Waals surface area contributed by atoms with Gasteiger partial charge in [-0.1, -0.05) is 12.1 Å². The Labute approximate surface area is 165 Å². The van der Waals surface area contributed by atoms with Gasteiger partial charge in [0, 0.05) is 37.9 Å². The smallest absolute Gasteiger partial charge is 0.380 e. The highest BCUT2D eigenvalue weighted by Gasteiger charge is 2.38. The summed E-state index contributed by atoms with van der Waals surface area (Å²) in [4.78, 5) is 20.3. The van der Waals surface area contributed by atoms with Gasteiger partial charge in [0.25, 0.3) is 5.91 Å². The highest BCUT2D eigenvalue weighted by Crippen LogP contribution is 2.31. The lowest BCUT2D eigenvalue weighted by Gasteiger charge is -2.37. The number of halogens is 3. The summed E-state index contributed by atoms with van der Waals surface area (Å²) in [5.41, 5.74) is -0.678. The van der Waals surface area contributed by atoms with Crippen molar-refractivity contribution >= 4 is 11.7 Å². The van der Waals surface area contributed by atoms with Crippen LogP contribution in [0, 0.1) is 0 Å². The number of nitrogens with zero attached hydrogens (tertiary/aromatic N) is 3. The van der Waals surface area contributed by atoms with Crippen molar-refractivity contribution in [3.8, 4) is 0 Å². The maximum atomic E-state index is 12.8. The molecule has 0 atom stereocenters. The van der Waals surface area contributed by atoms with Crippen LogP contribution in [0.3, 0.4) is 0 Å². The summed E-state index contributed by atoms with van der Waals surface area (Å²) >= 11 is 0. The van der Waals surface area contributed by atoms with Crippen LogP contribution in [0.1, 0.15) is 21.5 Å². The molecule has 6 nitrogen and oxygen atoms in total. The molecule has 29 heavy (non-hydrogen) atoms. The summed E-state index contributed by atoms with van der Waals surface area (Å²) in [5, 5.41) is 10.4. The lowest BCUT2D eigenvalue weighted by Crippen LogP contribution is -2.49. The number of amides is 1. The van der Waals surface area contributed by atoms with E-state index in [1.807, 2.05) is 4.90 Å². The molecular formula is C20H20F3N3O3. The Morgan fingerprint density at radius 3 is 2.38 bits per heavy atom. The fraction of sp³-hybridized carbons (Fsp3) is 0.400. The molecule has 0 radical (unpaired) electrons. The Morgan fingerprint density at radius 1 is 1.10 bits per heavy atom. The summed E-state index contributed by atoms with van der Waals surface area (Å²) in [6.45, 7) is 2.23. The Balaban J connectivity index is 1.39. The van der Waals surface area contributed by atoms with Crippen LogP contribution in [-0.2, 0) is 16.5 Å². The third kappa shape index (κ3) is 3.92. The zero-order valence-corrected chi connectivity index (χ0v) is 15.5. The topological polar surface area (TPSA) is 65.9 Å². The van der Waals surface area contributed by atoms with Crippen molar-refractivity contribution in [2.45, 2.75) is 11.8 Å². The molecule has 0 spiro atoms. The molecule has 1 amide bonds. The van der Waals surface area contributed by atoms with E-state index in [-0.39, 0.29) is 19.1 Å². The fourth-order valence-corrected chi connectivity index (χ4v) is 3.47. The average Bonchev–Trinajstić information content (AvgIpc) is 2.71. The number of carbonyl (C=O) groups excluding carboxylic acids is 1. The van der Waals surface area contributed by atoms with Crippen molar-refractivity contribution < 1.29 is 27.8 Å². The lowest BCUT2D eigenvalue weighted by atomic mass is 9.91. The van der Waals surface area contributed by atoms with Gasteiger partial charge in [0.05, 0.1) is 18.8 Å². The quantitative estimate of drug-likeness (QED) is 0.846. The zero-order valence-electron chi connectivity index (χ0n) is 15.5. The molecule has 0 saturated carbocycles. The maximum Gasteiger partial charge on any atom is 0.417 e. The Kier molecular flexibility index (Phi) is 4.95. The summed E-state index contributed by atoms with van der Waals surface area (Å²) in [6.07, 6.45) is -3.59. The van der Waals surface area contributed by atoms with E-state index < -0.39 is 17.3 Å². The van der Waals surface area contributed by atoms with Crippen LogP contribution in [0.25, 0.3) is 0 Å². The zero-order chi connectivity index (χ0) is 20.6. The van der Waals surface area contributed by atoms with Crippen molar-refractivity contribution in [3.63, 3.8) is 0 Å². The first-order valence-corrected chi connectivity index (χ1v) is 9.24. The predicted octanol–water partition coefficient (Wildman–Crippen LogP) is 2.28. The molecule has 9 heteroatoms. The van der Waals surface area contributed by atoms with Crippen LogP contribution in [0.15, 0.2) is 42.6 Å². The Morgan fingerprint density at radius 2 is 1.83 bits per heavy atom. The largest absolute Gasteiger partial charge is 0.417 e. The molecule has 2 saturated heterocycles. The molecule has 1 N–H and O–H groups in total. The van der Waals surface area contributed by atoms with Gasteiger partial charge in [0.15, 0.2) is 0 Å². The SMILES string of the molecule is O=C(c1cccc(C2(O)COC2)c1)N1CCN(c2ccc(C(F)(F)F)cn2)CC1. The minimum atomic E-state index is -4.41. The second-order valence-corrected chi connectivity index (χ2v) is 7.29. The van der Waals surface area contributed by atoms with Gasteiger partial charge >= 0.3 is 6.18 Å². The average molecular weight is 407 g/mol. The van der Waals surface area contributed by atoms with Crippen LogP contribution in [0.2, 0.25) is 0 Å². The van der Waals surface area contributed by atoms with Crippen molar-refractivity contribution in [1.82, 2.24) is 9.88 Å². The van der Waals surface area contributed by atoms with Gasteiger partial charge < -0.3 is 19.6 Å². The Hall–Kier alpha value is -2.65. The number of aliphatic hydroxyl groups is 1. The molecule has 2 aromatic rings. The van der Waals surface area contributed by atoms with Crippen molar-refractivity contribution in [1.29, 1.82) is 0 Å². The number of piperazine rings is 1. The highest BCUT2D eigenvalue weighted by atomic mass is 19.4. The Bertz CT molecular complexity index is 890. The lowest BCUT2D eigenvalue weighted by molar-refractivity contribution is -0.184. The van der Waals surface area contributed by atoms with Gasteiger partial charge in [-0.3, -0.25) is 4.79 Å². The summed E-state index contributed by atoms with van der Waals surface area (Å²) < 4.78 is 43.1. The number of rotatable bonds is 3. The van der Waals surface area contributed by atoms with E-state index in [0.29, 0.717) is 43.1 Å². The predicted molar refractivity (Wildman–Crippen MR) is 98.5 cm³/mol. The second-order valence-electron chi connectivity index (χ2n) is 7.29. The van der Waals surface area contributed by atoms with Gasteiger partial charge in [-0.05, 0) is 29.8 Å². The van der Waals surface area contributed by atoms with Gasteiger partial charge in [0.1, 0.15) is 11.4 Å². The molecule has 1 aromatic carbocycles. The fourth-order valence-electron chi connectivity index (χ4n) is 3.47. The second kappa shape index (κ2) is 7.31. The summed E-state index contributed by atoms with van der Waals surface area (Å²) in [6, 6.07) is 9.27. The van der Waals surface area contributed by atoms with E-state index in [4.69, 9.17) is 4.74 Å². The van der Waals surface area contributed by atoms with Crippen molar-refractivity contribution in [3.05, 3.63) is 59.3 Å². The van der Waals surface area contributed by atoms with Crippen LogP contribution < -0.4 is 4.90 Å². The molecule has 2 aliphatic heterocycles. The minimum Gasteiger partial charge on any atom is -0.380 e. The third-order valence-corrected chi connectivity index (χ3v) is 5.29. The monoisotopic (exact) mass is 407 g/mol. The number of ether oxygens (including phenoxy) is 1. The molecule has 2 aliphatic rings. The number of anilines is 1. The van der Waals surface area contributed by atoms with E-state index in [1.165, 1.54) is 6.07 Å². The first-order valence-electron chi connectivity index (χ1n) is 9.24. The van der Waals surface area contributed by atoms with Gasteiger partial charge in [-0.15, -0.1) is 0 Å². The molecule has 154 valence electrons. The van der Waals surface area contributed by atoms with E-state index in [9.17, 15) is 23.1 Å². The number of alkyl halides is 3. The summed E-state index contributed by atoms with van der Waals surface area (Å²) in [5.74, 6) is 0.315. The van der Waals surface area contributed by atoms with E-state index in [2.05, 4.69) is 4.98 Å². The number of benzene rings is 1. The first-order chi connectivity index (χ1) is 13.8. The molecule has 1 aromatic heterocycles. The molecule has 3 heterocycles. The number of carbonyl (C=O) groups is 1. The molecular weight excluding hydrogens is 387 g/mol. The van der Waals surface area contributed by atoms with Crippen molar-refractivity contribution in [2.75, 3.05) is 44.3 Å². The highest BCUT2D eigenvalue weighted by molar-refractivity contribution is 5.94. The molecule has 2 fully saturated rings. The maximum absolute atomic E-state index is 12.8. The van der Waals surface area contributed by atoms with E-state index in [1.54, 1.807) is 29.2 Å². The number of hydrogen-bond acceptors (Lipinski definition) is 5. The van der Waals surface area contributed by atoms with Crippen LogP contribution >= 0.6 is 0 Å². The number of aromatic nitrogens is 1. The standard InChI is InChI=1S/C20H20F3N3O3/c21-20(22,23)16-4-5-17(24-11-16)25-6-8-26(9-7-25)18(27)14-2-1-3-15(10-14)19(28)12-29-13-19/h1-5,10-11,28H,6-9,12-13H2. The number of pyridine rings is 1. The first kappa shape index (κ1) is 19.7. The van der Waals surface area contributed by atoms with Gasteiger partial charge in [0.2, 0.25) is 0 Å². The molecule has 4 rings (SSSR count). The molecule has 0 bridgehead atoms. The molecule has 0 aliphatic carbocycles. The van der Waals surface area contributed by atoms with Gasteiger partial charge in [-0.25, -0.2) is 4.98 Å². The summed E-state index contributed by atoms with van der Waals surface area (Å²) in [7, 11) is 0. The van der Waals surface area contributed by atoms with Crippen molar-refractivity contribution in [2.24, 2.45) is 0 Å². The van der Waals surface area contributed by atoms with Crippen LogP contribution in [0.4, 0.5) is 19.0 Å². The molecule has 0 unspecified atom stereocenters. The number of hydrogen-bond donors (Lipinski definition) is 1. The normalized spacial score (nSPS) is 19.0. The van der Waals surface area contributed by atoms with Gasteiger partial charge in [-0.2, -0.15) is 13.2 Å². The third-order valence-electron chi connectivity index (χ3n) is 5.29. The van der Waals surface area contributed by atoms with E-state index in [0.717, 1.165) is 12.3 Å². The van der Waals surface area contributed by atoms with Crippen LogP contribution in [-0.4, -0.2) is 60.3 Å².